The van der Waals surface area contributed by atoms with Crippen molar-refractivity contribution in [3.63, 3.8) is 0 Å². The number of nitrogens with zero attached hydrogens (tertiary/aromatic N) is 3. The van der Waals surface area contributed by atoms with Gasteiger partial charge in [-0.05, 0) is 6.07 Å². The Hall–Kier alpha value is -1.20. The molecule has 3 N–H and O–H groups in total. The Morgan fingerprint density at radius 2 is 2.14 bits per heavy atom. The summed E-state index contributed by atoms with van der Waals surface area (Å²) in [4.78, 5) is 10.3. The van der Waals surface area contributed by atoms with Crippen molar-refractivity contribution >= 4 is 5.95 Å². The molecule has 2 unspecified atom stereocenters. The lowest BCUT2D eigenvalue weighted by atomic mass is 10.1. The molecule has 1 aliphatic rings. The number of aliphatic hydroxyl groups is 1. The number of aromatic nitrogens is 2. The molecule has 0 amide bonds. The molecule has 2 rings (SSSR count). The molecule has 0 aromatic carbocycles. The Morgan fingerprint density at radius 1 is 1.43 bits per heavy atom. The number of anilines is 1. The van der Waals surface area contributed by atoms with Crippen LogP contribution in [0.4, 0.5) is 5.95 Å². The van der Waals surface area contributed by atoms with Crippen molar-refractivity contribution in [3.8, 4) is 0 Å². The molecule has 0 radical (unpaired) electrons. The summed E-state index contributed by atoms with van der Waals surface area (Å²) in [5, 5.41) is 9.05. The van der Waals surface area contributed by atoms with E-state index in [1.165, 1.54) is 0 Å². The minimum absolute atomic E-state index is 0.0174. The van der Waals surface area contributed by atoms with Gasteiger partial charge in [-0.25, -0.2) is 9.97 Å². The maximum Gasteiger partial charge on any atom is 0.225 e. The van der Waals surface area contributed by atoms with Crippen LogP contribution in [0.15, 0.2) is 18.5 Å². The highest BCUT2D eigenvalue weighted by Gasteiger charge is 2.30. The zero-order valence-corrected chi connectivity index (χ0v) is 7.87. The molecule has 0 bridgehead atoms. The number of rotatable bonds is 2. The number of aliphatic hydroxyl groups excluding tert-OH is 1. The monoisotopic (exact) mass is 194 g/mol. The lowest BCUT2D eigenvalue weighted by molar-refractivity contribution is 0.228. The fraction of sp³-hybridized carbons (Fsp3) is 0.556. The minimum atomic E-state index is 0.0174. The summed E-state index contributed by atoms with van der Waals surface area (Å²) in [6.45, 7) is 1.58. The van der Waals surface area contributed by atoms with Crippen LogP contribution in [0.25, 0.3) is 0 Å². The van der Waals surface area contributed by atoms with E-state index in [1.54, 1.807) is 18.5 Å². The number of nitrogens with two attached hydrogens (primary N) is 1. The SMILES string of the molecule is NC1CN(c2ncccn2)CC1CO. The van der Waals surface area contributed by atoms with Crippen LogP contribution in [0.5, 0.6) is 0 Å². The van der Waals surface area contributed by atoms with Crippen molar-refractivity contribution in [2.24, 2.45) is 11.7 Å². The molecule has 0 aliphatic carbocycles. The van der Waals surface area contributed by atoms with Crippen molar-refractivity contribution in [3.05, 3.63) is 18.5 Å². The van der Waals surface area contributed by atoms with Crippen molar-refractivity contribution < 1.29 is 5.11 Å². The van der Waals surface area contributed by atoms with Gasteiger partial charge in [0.05, 0.1) is 0 Å². The average Bonchev–Trinajstić information content (AvgIpc) is 2.61. The van der Waals surface area contributed by atoms with E-state index in [2.05, 4.69) is 9.97 Å². The van der Waals surface area contributed by atoms with E-state index in [0.29, 0.717) is 5.95 Å². The molecule has 1 saturated heterocycles. The zero-order chi connectivity index (χ0) is 9.97. The lowest BCUT2D eigenvalue weighted by Gasteiger charge is -2.14. The summed E-state index contributed by atoms with van der Waals surface area (Å²) >= 11 is 0. The van der Waals surface area contributed by atoms with E-state index in [9.17, 15) is 0 Å². The van der Waals surface area contributed by atoms with Gasteiger partial charge in [-0.15, -0.1) is 0 Å². The van der Waals surface area contributed by atoms with Gasteiger partial charge < -0.3 is 15.7 Å². The second-order valence-corrected chi connectivity index (χ2v) is 3.56. The topological polar surface area (TPSA) is 75.3 Å². The second kappa shape index (κ2) is 3.89. The minimum Gasteiger partial charge on any atom is -0.396 e. The van der Waals surface area contributed by atoms with Crippen LogP contribution in [0.1, 0.15) is 0 Å². The average molecular weight is 194 g/mol. The first-order chi connectivity index (χ1) is 6.81. The van der Waals surface area contributed by atoms with E-state index in [0.717, 1.165) is 13.1 Å². The molecule has 14 heavy (non-hydrogen) atoms. The lowest BCUT2D eigenvalue weighted by Crippen LogP contribution is -2.31. The van der Waals surface area contributed by atoms with Gasteiger partial charge in [0.2, 0.25) is 5.95 Å². The van der Waals surface area contributed by atoms with Gasteiger partial charge in [-0.3, -0.25) is 0 Å². The van der Waals surface area contributed by atoms with Gasteiger partial charge in [0, 0.05) is 44.0 Å². The maximum absolute atomic E-state index is 9.05. The molecule has 1 fully saturated rings. The summed E-state index contributed by atoms with van der Waals surface area (Å²) in [7, 11) is 0. The predicted molar refractivity (Wildman–Crippen MR) is 52.8 cm³/mol. The standard InChI is InChI=1S/C9H14N4O/c10-8-5-13(4-7(8)6-14)9-11-2-1-3-12-9/h1-3,7-8,14H,4-6,10H2. The Labute approximate surface area is 82.6 Å². The Balaban J connectivity index is 2.09. The van der Waals surface area contributed by atoms with E-state index < -0.39 is 0 Å². The Morgan fingerprint density at radius 3 is 2.71 bits per heavy atom. The third-order valence-corrected chi connectivity index (χ3v) is 2.56. The number of hydrogen-bond acceptors (Lipinski definition) is 5. The highest BCUT2D eigenvalue weighted by molar-refractivity contribution is 5.31. The molecule has 5 heteroatoms. The largest absolute Gasteiger partial charge is 0.396 e. The van der Waals surface area contributed by atoms with Crippen LogP contribution in [0.3, 0.4) is 0 Å². The van der Waals surface area contributed by atoms with Crippen molar-refractivity contribution in [2.45, 2.75) is 6.04 Å². The van der Waals surface area contributed by atoms with Gasteiger partial charge in [0.25, 0.3) is 0 Å². The third kappa shape index (κ3) is 1.69. The summed E-state index contributed by atoms with van der Waals surface area (Å²) in [5.41, 5.74) is 5.86. The second-order valence-electron chi connectivity index (χ2n) is 3.56. The zero-order valence-electron chi connectivity index (χ0n) is 7.87. The van der Waals surface area contributed by atoms with Crippen LogP contribution in [0, 0.1) is 5.92 Å². The molecular formula is C9H14N4O. The summed E-state index contributed by atoms with van der Waals surface area (Å²) in [6.07, 6.45) is 3.42. The predicted octanol–water partition coefficient (Wildman–Crippen LogP) is -0.768. The Kier molecular flexibility index (Phi) is 2.60. The van der Waals surface area contributed by atoms with E-state index in [1.807, 2.05) is 4.90 Å². The van der Waals surface area contributed by atoms with Crippen molar-refractivity contribution in [1.29, 1.82) is 0 Å². The molecule has 0 spiro atoms. The van der Waals surface area contributed by atoms with Crippen LogP contribution in [-0.4, -0.2) is 40.8 Å². The smallest absolute Gasteiger partial charge is 0.225 e. The molecule has 1 aromatic heterocycles. The highest BCUT2D eigenvalue weighted by atomic mass is 16.3. The molecule has 2 atom stereocenters. The first-order valence-electron chi connectivity index (χ1n) is 4.69. The third-order valence-electron chi connectivity index (χ3n) is 2.56. The van der Waals surface area contributed by atoms with Gasteiger partial charge in [-0.1, -0.05) is 0 Å². The number of hydrogen-bond donors (Lipinski definition) is 2. The fourth-order valence-corrected chi connectivity index (χ4v) is 1.71. The molecule has 1 aromatic rings. The summed E-state index contributed by atoms with van der Waals surface area (Å²) in [5.74, 6) is 0.831. The quantitative estimate of drug-likeness (QED) is 0.646. The van der Waals surface area contributed by atoms with E-state index in [4.69, 9.17) is 10.8 Å². The van der Waals surface area contributed by atoms with Crippen LogP contribution >= 0.6 is 0 Å². The van der Waals surface area contributed by atoms with E-state index in [-0.39, 0.29) is 18.6 Å². The fourth-order valence-electron chi connectivity index (χ4n) is 1.71. The molecule has 2 heterocycles. The molecule has 0 saturated carbocycles. The van der Waals surface area contributed by atoms with E-state index >= 15 is 0 Å². The van der Waals surface area contributed by atoms with Gasteiger partial charge >= 0.3 is 0 Å². The first kappa shape index (κ1) is 9.36. The Bertz CT molecular complexity index is 292. The van der Waals surface area contributed by atoms with Crippen LogP contribution in [0.2, 0.25) is 0 Å². The van der Waals surface area contributed by atoms with Gasteiger partial charge in [0.15, 0.2) is 0 Å². The summed E-state index contributed by atoms with van der Waals surface area (Å²) in [6, 6.07) is 1.80. The normalized spacial score (nSPS) is 26.9. The molecule has 76 valence electrons. The first-order valence-corrected chi connectivity index (χ1v) is 4.69. The summed E-state index contributed by atoms with van der Waals surface area (Å²) < 4.78 is 0. The van der Waals surface area contributed by atoms with Crippen LogP contribution in [-0.2, 0) is 0 Å². The van der Waals surface area contributed by atoms with Crippen molar-refractivity contribution in [1.82, 2.24) is 9.97 Å². The molecule has 5 nitrogen and oxygen atoms in total. The van der Waals surface area contributed by atoms with Crippen LogP contribution < -0.4 is 10.6 Å². The molecular weight excluding hydrogens is 180 g/mol. The maximum atomic E-state index is 9.05. The molecule has 1 aliphatic heterocycles. The highest BCUT2D eigenvalue weighted by Crippen LogP contribution is 2.18. The van der Waals surface area contributed by atoms with Crippen molar-refractivity contribution in [2.75, 3.05) is 24.6 Å². The van der Waals surface area contributed by atoms with Gasteiger partial charge in [-0.2, -0.15) is 0 Å². The van der Waals surface area contributed by atoms with Gasteiger partial charge in [0.1, 0.15) is 0 Å².